The maximum absolute atomic E-state index is 11.1. The van der Waals surface area contributed by atoms with Crippen LogP contribution in [0.25, 0.3) is 0 Å². The van der Waals surface area contributed by atoms with E-state index in [1.807, 2.05) is 24.7 Å². The highest BCUT2D eigenvalue weighted by Crippen LogP contribution is 2.45. The minimum absolute atomic E-state index is 0.0433. The Morgan fingerprint density at radius 2 is 1.73 bits per heavy atom. The monoisotopic (exact) mass is 685 g/mol. The third-order valence-electron chi connectivity index (χ3n) is 9.25. The zero-order valence-electron chi connectivity index (χ0n) is 28.1. The molecule has 3 aromatic rings. The van der Waals surface area contributed by atoms with Crippen molar-refractivity contribution in [3.63, 3.8) is 0 Å². The van der Waals surface area contributed by atoms with Gasteiger partial charge in [0.25, 0.3) is 0 Å². The molecule has 8 nitrogen and oxygen atoms in total. The van der Waals surface area contributed by atoms with Gasteiger partial charge in [-0.3, -0.25) is 14.8 Å². The molecule has 1 amide bonds. The van der Waals surface area contributed by atoms with Gasteiger partial charge in [0.2, 0.25) is 5.91 Å². The van der Waals surface area contributed by atoms with Crippen molar-refractivity contribution >= 4 is 46.0 Å². The van der Waals surface area contributed by atoms with Gasteiger partial charge in [0, 0.05) is 73.4 Å². The summed E-state index contributed by atoms with van der Waals surface area (Å²) in [6.45, 7) is 5.36. The molecule has 0 spiro atoms. The van der Waals surface area contributed by atoms with Crippen LogP contribution in [0.2, 0.25) is 0 Å². The molecule has 8 rings (SSSR count). The zero-order chi connectivity index (χ0) is 33.1. The Balaban J connectivity index is 0.000000127. The first-order valence-electron chi connectivity index (χ1n) is 17.4. The molecule has 3 aromatic heterocycles. The standard InChI is InChI=1S/C14H16N2O2S.C13H19N.C11H12N2OS/c1-9(17)16-13-8-12-14(19-13)10(4-6-18-12)7-11-3-2-5-15-11;1-2-11-5-3-6-12(9-11)10-13-7-4-8-14-13;1-3-14-10-2-4-15-11(10)8(1)5-9-6-12-7-13-9/h3,5,8,10H,2,4,6-7H2,1H3,(H,16,17);7-9,12H,2-6,10H2,1H3;2,4,6-8H,1,3,5H2,(H,12,13). The number of hydrogen-bond donors (Lipinski definition) is 2. The van der Waals surface area contributed by atoms with E-state index in [-0.39, 0.29) is 5.91 Å². The van der Waals surface area contributed by atoms with Crippen LogP contribution in [0.5, 0.6) is 11.5 Å². The highest BCUT2D eigenvalue weighted by molar-refractivity contribution is 7.16. The number of thiophene rings is 2. The van der Waals surface area contributed by atoms with Crippen molar-refractivity contribution in [2.45, 2.75) is 96.3 Å². The largest absolute Gasteiger partial charge is 0.492 e. The van der Waals surface area contributed by atoms with Crippen molar-refractivity contribution in [1.82, 2.24) is 9.97 Å². The second-order valence-corrected chi connectivity index (χ2v) is 14.9. The molecule has 10 heteroatoms. The number of rotatable bonds is 8. The van der Waals surface area contributed by atoms with E-state index in [0.29, 0.717) is 11.8 Å². The zero-order valence-corrected chi connectivity index (χ0v) is 29.7. The van der Waals surface area contributed by atoms with E-state index in [4.69, 9.17) is 9.47 Å². The van der Waals surface area contributed by atoms with Crippen molar-refractivity contribution < 1.29 is 14.3 Å². The van der Waals surface area contributed by atoms with E-state index in [9.17, 15) is 4.79 Å². The number of amides is 1. The molecule has 1 aliphatic carbocycles. The summed E-state index contributed by atoms with van der Waals surface area (Å²) < 4.78 is 11.3. The third-order valence-corrected chi connectivity index (χ3v) is 11.5. The Hall–Kier alpha value is -3.76. The number of aromatic nitrogens is 2. The van der Waals surface area contributed by atoms with Gasteiger partial charge in [-0.1, -0.05) is 30.7 Å². The molecule has 48 heavy (non-hydrogen) atoms. The summed E-state index contributed by atoms with van der Waals surface area (Å²) >= 11 is 3.42. The third kappa shape index (κ3) is 9.44. The lowest BCUT2D eigenvalue weighted by molar-refractivity contribution is -0.114. The van der Waals surface area contributed by atoms with Crippen molar-refractivity contribution in [2.24, 2.45) is 15.9 Å². The van der Waals surface area contributed by atoms with Gasteiger partial charge in [-0.15, -0.1) is 22.7 Å². The number of H-pyrrole nitrogens is 1. The van der Waals surface area contributed by atoms with Crippen LogP contribution >= 0.6 is 22.7 Å². The van der Waals surface area contributed by atoms with E-state index < -0.39 is 0 Å². The Morgan fingerprint density at radius 3 is 2.42 bits per heavy atom. The average Bonchev–Trinajstić information content (AvgIpc) is 3.93. The summed E-state index contributed by atoms with van der Waals surface area (Å²) in [5.41, 5.74) is 5.35. The molecular formula is C38H47N5O3S2. The average molecular weight is 686 g/mol. The number of aliphatic imine (C=N–C) groups is 2. The number of ether oxygens (including phenoxy) is 2. The highest BCUT2D eigenvalue weighted by atomic mass is 32.1. The second-order valence-electron chi connectivity index (χ2n) is 12.8. The van der Waals surface area contributed by atoms with E-state index in [0.717, 1.165) is 74.2 Å². The van der Waals surface area contributed by atoms with Gasteiger partial charge in [-0.25, -0.2) is 4.98 Å². The molecule has 0 fully saturated rings. The van der Waals surface area contributed by atoms with Crippen molar-refractivity contribution in [2.75, 3.05) is 18.5 Å². The number of fused-ring (bicyclic) bond motifs is 2. The van der Waals surface area contributed by atoms with Crippen molar-refractivity contribution in [3.8, 4) is 11.5 Å². The fourth-order valence-corrected chi connectivity index (χ4v) is 9.00. The first kappa shape index (κ1) is 34.1. The topological polar surface area (TPSA) is 101 Å². The normalized spacial score (nSPS) is 22.0. The number of carbonyl (C=O) groups excluding carboxylic acids is 1. The summed E-state index contributed by atoms with van der Waals surface area (Å²) in [7, 11) is 0. The number of allylic oxidation sites excluding steroid dienone is 6. The van der Waals surface area contributed by atoms with Crippen molar-refractivity contribution in [3.05, 3.63) is 80.7 Å². The minimum Gasteiger partial charge on any atom is -0.492 e. The van der Waals surface area contributed by atoms with Crippen molar-refractivity contribution in [1.29, 1.82) is 0 Å². The number of nitrogens with one attached hydrogen (secondary N) is 2. The van der Waals surface area contributed by atoms with Crippen LogP contribution < -0.4 is 14.8 Å². The predicted molar refractivity (Wildman–Crippen MR) is 198 cm³/mol. The van der Waals surface area contributed by atoms with Gasteiger partial charge in [-0.2, -0.15) is 0 Å². The molecule has 254 valence electrons. The first-order chi connectivity index (χ1) is 23.5. The Labute approximate surface area is 292 Å². The highest BCUT2D eigenvalue weighted by Gasteiger charge is 2.26. The fraction of sp³-hybridized carbons (Fsp3) is 0.474. The first-order valence-corrected chi connectivity index (χ1v) is 19.1. The molecule has 2 N–H and O–H groups in total. The van der Waals surface area contributed by atoms with E-state index in [1.54, 1.807) is 34.6 Å². The van der Waals surface area contributed by atoms with Crippen LogP contribution in [-0.2, 0) is 11.2 Å². The van der Waals surface area contributed by atoms with Gasteiger partial charge in [0.15, 0.2) is 0 Å². The van der Waals surface area contributed by atoms with Crippen LogP contribution in [0.4, 0.5) is 5.00 Å². The summed E-state index contributed by atoms with van der Waals surface area (Å²) in [5, 5.41) is 5.81. The van der Waals surface area contributed by atoms with Gasteiger partial charge < -0.3 is 19.8 Å². The molecule has 0 bridgehead atoms. The summed E-state index contributed by atoms with van der Waals surface area (Å²) in [6, 6.07) is 4.00. The van der Waals surface area contributed by atoms with Gasteiger partial charge in [0.1, 0.15) is 11.5 Å². The van der Waals surface area contributed by atoms with Crippen LogP contribution in [0.3, 0.4) is 0 Å². The smallest absolute Gasteiger partial charge is 0.221 e. The molecule has 0 radical (unpaired) electrons. The van der Waals surface area contributed by atoms with E-state index in [1.165, 1.54) is 65.9 Å². The maximum Gasteiger partial charge on any atom is 0.221 e. The van der Waals surface area contributed by atoms with E-state index >= 15 is 0 Å². The van der Waals surface area contributed by atoms with Gasteiger partial charge >= 0.3 is 0 Å². The van der Waals surface area contributed by atoms with Gasteiger partial charge in [-0.05, 0) is 75.2 Å². The molecule has 3 unspecified atom stereocenters. The Morgan fingerprint density at radius 1 is 0.979 bits per heavy atom. The number of nitrogens with zero attached hydrogens (tertiary/aromatic N) is 3. The molecule has 4 aliphatic heterocycles. The number of hydrogen-bond acceptors (Lipinski definition) is 8. The minimum atomic E-state index is -0.0433. The summed E-state index contributed by atoms with van der Waals surface area (Å²) in [6.07, 6.45) is 27.1. The van der Waals surface area contributed by atoms with Crippen LogP contribution in [-0.4, -0.2) is 41.5 Å². The van der Waals surface area contributed by atoms with Crippen LogP contribution in [0.15, 0.2) is 75.2 Å². The number of aromatic amines is 1. The number of anilines is 1. The fourth-order valence-electron chi connectivity index (χ4n) is 6.85. The molecule has 5 aliphatic rings. The maximum atomic E-state index is 11.1. The molecule has 7 heterocycles. The van der Waals surface area contributed by atoms with Crippen LogP contribution in [0.1, 0.15) is 105 Å². The molecule has 3 atom stereocenters. The lowest BCUT2D eigenvalue weighted by Gasteiger charge is -2.22. The lowest BCUT2D eigenvalue weighted by Crippen LogP contribution is -2.14. The summed E-state index contributed by atoms with van der Waals surface area (Å²) in [5.74, 6) is 3.77. The lowest BCUT2D eigenvalue weighted by atomic mass is 9.87. The molecule has 0 saturated heterocycles. The summed E-state index contributed by atoms with van der Waals surface area (Å²) in [4.78, 5) is 29.7. The van der Waals surface area contributed by atoms with E-state index in [2.05, 4.69) is 61.9 Å². The SMILES string of the molecule is CC(=O)Nc1cc2c(s1)C(CC1=CCC=N1)CCO2.CCC1=CC(CC2=CCC=N2)CCC1.c1ncc(CC2CCOc3ccsc32)[nH]1. The Kier molecular flexibility index (Phi) is 12.1. The van der Waals surface area contributed by atoms with Gasteiger partial charge in [0.05, 0.1) is 34.3 Å². The second kappa shape index (κ2) is 17.1. The Bertz CT molecular complexity index is 1660. The van der Waals surface area contributed by atoms with Crippen LogP contribution in [0, 0.1) is 5.92 Å². The molecule has 0 saturated carbocycles. The number of carbonyl (C=O) groups is 1. The quantitative estimate of drug-likeness (QED) is 0.231. The number of imidazole rings is 1. The predicted octanol–water partition coefficient (Wildman–Crippen LogP) is 9.77. The molecule has 0 aromatic carbocycles. The molecular weight excluding hydrogens is 639 g/mol.